The standard InChI is InChI=1S/C20H21N3O3/c1-14-7-8-19(22-21-14)16-9-17-12-25-13-18(10-16)23(17)20(24)26-11-15-5-3-2-4-6-15/h2-9,17-18H,10-13H2,1H3. The summed E-state index contributed by atoms with van der Waals surface area (Å²) in [4.78, 5) is 14.5. The van der Waals surface area contributed by atoms with Crippen molar-refractivity contribution >= 4 is 11.7 Å². The Balaban J connectivity index is 1.49. The first-order valence-electron chi connectivity index (χ1n) is 8.79. The van der Waals surface area contributed by atoms with E-state index < -0.39 is 0 Å². The van der Waals surface area contributed by atoms with Gasteiger partial charge >= 0.3 is 6.09 Å². The number of carbonyl (C=O) groups excluding carboxylic acids is 1. The Kier molecular flexibility index (Phi) is 4.67. The van der Waals surface area contributed by atoms with E-state index in [2.05, 4.69) is 16.3 Å². The number of hydrogen-bond donors (Lipinski definition) is 0. The van der Waals surface area contributed by atoms with Crippen LogP contribution >= 0.6 is 0 Å². The number of benzene rings is 1. The van der Waals surface area contributed by atoms with Crippen molar-refractivity contribution in [3.05, 3.63) is 65.5 Å². The maximum Gasteiger partial charge on any atom is 0.411 e. The van der Waals surface area contributed by atoms with E-state index in [9.17, 15) is 4.79 Å². The van der Waals surface area contributed by atoms with Gasteiger partial charge in [0.2, 0.25) is 0 Å². The van der Waals surface area contributed by atoms with Gasteiger partial charge in [-0.05, 0) is 36.6 Å². The molecule has 1 amide bonds. The Labute approximate surface area is 152 Å². The van der Waals surface area contributed by atoms with Crippen molar-refractivity contribution in [2.75, 3.05) is 13.2 Å². The summed E-state index contributed by atoms with van der Waals surface area (Å²) in [5.41, 5.74) is 3.85. The van der Waals surface area contributed by atoms with Crippen LogP contribution in [0.1, 0.15) is 23.4 Å². The number of aryl methyl sites for hydroxylation is 1. The fourth-order valence-corrected chi connectivity index (χ4v) is 3.43. The zero-order valence-corrected chi connectivity index (χ0v) is 14.7. The number of rotatable bonds is 3. The molecule has 0 saturated carbocycles. The van der Waals surface area contributed by atoms with E-state index in [0.29, 0.717) is 19.6 Å². The van der Waals surface area contributed by atoms with Gasteiger partial charge in [-0.25, -0.2) is 4.79 Å². The molecule has 134 valence electrons. The lowest BCUT2D eigenvalue weighted by atomic mass is 9.92. The molecule has 2 atom stereocenters. The average molecular weight is 351 g/mol. The van der Waals surface area contributed by atoms with Gasteiger partial charge in [-0.3, -0.25) is 4.90 Å². The molecule has 6 heteroatoms. The van der Waals surface area contributed by atoms with Crippen molar-refractivity contribution in [3.63, 3.8) is 0 Å². The quantitative estimate of drug-likeness (QED) is 0.851. The second kappa shape index (κ2) is 7.25. The summed E-state index contributed by atoms with van der Waals surface area (Å²) in [7, 11) is 0. The summed E-state index contributed by atoms with van der Waals surface area (Å²) in [6.45, 7) is 3.17. The summed E-state index contributed by atoms with van der Waals surface area (Å²) in [5.74, 6) is 0. The van der Waals surface area contributed by atoms with Crippen LogP contribution in [0.25, 0.3) is 5.57 Å². The second-order valence-corrected chi connectivity index (χ2v) is 6.66. The SMILES string of the molecule is Cc1ccc(C2=CC3COCC(C2)N3C(=O)OCc2ccccc2)nn1. The van der Waals surface area contributed by atoms with E-state index in [4.69, 9.17) is 9.47 Å². The van der Waals surface area contributed by atoms with E-state index in [-0.39, 0.29) is 24.8 Å². The van der Waals surface area contributed by atoms with Gasteiger partial charge < -0.3 is 9.47 Å². The van der Waals surface area contributed by atoms with Crippen molar-refractivity contribution in [2.45, 2.75) is 32.0 Å². The average Bonchev–Trinajstić information content (AvgIpc) is 2.66. The molecular weight excluding hydrogens is 330 g/mol. The van der Waals surface area contributed by atoms with Gasteiger partial charge in [0.15, 0.2) is 0 Å². The van der Waals surface area contributed by atoms with Crippen LogP contribution in [0.2, 0.25) is 0 Å². The lowest BCUT2D eigenvalue weighted by molar-refractivity contribution is -0.0342. The molecule has 6 nitrogen and oxygen atoms in total. The largest absolute Gasteiger partial charge is 0.445 e. The van der Waals surface area contributed by atoms with Gasteiger partial charge in [0.1, 0.15) is 6.61 Å². The van der Waals surface area contributed by atoms with Gasteiger partial charge in [0.25, 0.3) is 0 Å². The predicted octanol–water partition coefficient (Wildman–Crippen LogP) is 2.98. The molecule has 0 spiro atoms. The van der Waals surface area contributed by atoms with Crippen molar-refractivity contribution in [2.24, 2.45) is 0 Å². The van der Waals surface area contributed by atoms with Crippen LogP contribution in [0.15, 0.2) is 48.5 Å². The Bertz CT molecular complexity index is 805. The van der Waals surface area contributed by atoms with Gasteiger partial charge in [-0.2, -0.15) is 10.2 Å². The molecule has 1 saturated heterocycles. The van der Waals surface area contributed by atoms with Crippen LogP contribution in [0.3, 0.4) is 0 Å². The van der Waals surface area contributed by atoms with E-state index in [1.54, 1.807) is 4.90 Å². The van der Waals surface area contributed by atoms with E-state index in [1.807, 2.05) is 49.4 Å². The van der Waals surface area contributed by atoms with Crippen molar-refractivity contribution < 1.29 is 14.3 Å². The third kappa shape index (κ3) is 3.46. The summed E-state index contributed by atoms with van der Waals surface area (Å²) in [6.07, 6.45) is 2.45. The minimum Gasteiger partial charge on any atom is -0.445 e. The Hall–Kier alpha value is -2.73. The first-order chi connectivity index (χ1) is 12.7. The number of ether oxygens (including phenoxy) is 2. The highest BCUT2D eigenvalue weighted by atomic mass is 16.6. The highest BCUT2D eigenvalue weighted by Gasteiger charge is 2.39. The smallest absolute Gasteiger partial charge is 0.411 e. The van der Waals surface area contributed by atoms with Gasteiger partial charge in [-0.1, -0.05) is 36.4 Å². The molecule has 0 aliphatic carbocycles. The first kappa shape index (κ1) is 16.7. The number of morpholine rings is 1. The van der Waals surface area contributed by atoms with Crippen LogP contribution in [-0.4, -0.2) is 46.5 Å². The second-order valence-electron chi connectivity index (χ2n) is 6.66. The van der Waals surface area contributed by atoms with Crippen LogP contribution in [0, 0.1) is 6.92 Å². The molecule has 1 aromatic carbocycles. The highest BCUT2D eigenvalue weighted by molar-refractivity contribution is 5.73. The fourth-order valence-electron chi connectivity index (χ4n) is 3.43. The molecule has 2 aromatic rings. The van der Waals surface area contributed by atoms with Crippen LogP contribution in [0.4, 0.5) is 4.79 Å². The molecule has 26 heavy (non-hydrogen) atoms. The zero-order chi connectivity index (χ0) is 17.9. The number of nitrogens with zero attached hydrogens (tertiary/aromatic N) is 3. The fraction of sp³-hybridized carbons (Fsp3) is 0.350. The molecule has 2 unspecified atom stereocenters. The minimum atomic E-state index is -0.294. The third-order valence-electron chi connectivity index (χ3n) is 4.74. The molecular formula is C20H21N3O3. The van der Waals surface area contributed by atoms with E-state index in [0.717, 1.165) is 22.5 Å². The molecule has 0 N–H and O–H groups in total. The van der Waals surface area contributed by atoms with Crippen molar-refractivity contribution in [1.82, 2.24) is 15.1 Å². The highest BCUT2D eigenvalue weighted by Crippen LogP contribution is 2.32. The number of carbonyl (C=O) groups is 1. The number of fused-ring (bicyclic) bond motifs is 2. The van der Waals surface area contributed by atoms with Gasteiger partial charge in [0, 0.05) is 0 Å². The number of aromatic nitrogens is 2. The normalized spacial score (nSPS) is 21.9. The Morgan fingerprint density at radius 3 is 2.77 bits per heavy atom. The summed E-state index contributed by atoms with van der Waals surface area (Å²) >= 11 is 0. The van der Waals surface area contributed by atoms with Crippen LogP contribution in [-0.2, 0) is 16.1 Å². The molecule has 4 rings (SSSR count). The summed E-state index contributed by atoms with van der Waals surface area (Å²) in [6, 6.07) is 13.5. The molecule has 1 aromatic heterocycles. The monoisotopic (exact) mass is 351 g/mol. The molecule has 2 aliphatic heterocycles. The molecule has 2 bridgehead atoms. The number of hydrogen-bond acceptors (Lipinski definition) is 5. The molecule has 2 aliphatic rings. The maximum atomic E-state index is 12.7. The van der Waals surface area contributed by atoms with Gasteiger partial charge in [-0.15, -0.1) is 0 Å². The Morgan fingerprint density at radius 1 is 1.19 bits per heavy atom. The van der Waals surface area contributed by atoms with E-state index >= 15 is 0 Å². The minimum absolute atomic E-state index is 0.0415. The van der Waals surface area contributed by atoms with Gasteiger partial charge in [0.05, 0.1) is 36.7 Å². The first-order valence-corrected chi connectivity index (χ1v) is 8.79. The Morgan fingerprint density at radius 2 is 2.04 bits per heavy atom. The zero-order valence-electron chi connectivity index (χ0n) is 14.7. The summed E-state index contributed by atoms with van der Waals surface area (Å²) < 4.78 is 11.2. The molecule has 0 radical (unpaired) electrons. The third-order valence-corrected chi connectivity index (χ3v) is 4.74. The van der Waals surface area contributed by atoms with Crippen molar-refractivity contribution in [1.29, 1.82) is 0 Å². The van der Waals surface area contributed by atoms with Crippen LogP contribution in [0.5, 0.6) is 0 Å². The van der Waals surface area contributed by atoms with Crippen LogP contribution < -0.4 is 0 Å². The predicted molar refractivity (Wildman–Crippen MR) is 96.2 cm³/mol. The number of amides is 1. The lowest BCUT2D eigenvalue weighted by Crippen LogP contribution is -2.56. The molecule has 3 heterocycles. The molecule has 1 fully saturated rings. The topological polar surface area (TPSA) is 64.5 Å². The maximum absolute atomic E-state index is 12.7. The lowest BCUT2D eigenvalue weighted by Gasteiger charge is -2.43. The van der Waals surface area contributed by atoms with E-state index in [1.165, 1.54) is 0 Å². The van der Waals surface area contributed by atoms with Crippen molar-refractivity contribution in [3.8, 4) is 0 Å². The summed E-state index contributed by atoms with van der Waals surface area (Å²) in [5, 5.41) is 8.42.